The fourth-order valence-corrected chi connectivity index (χ4v) is 1.99. The van der Waals surface area contributed by atoms with Gasteiger partial charge in [-0.25, -0.2) is 9.59 Å². The molecule has 0 spiro atoms. The number of anilines is 1. The van der Waals surface area contributed by atoms with E-state index in [1.807, 2.05) is 0 Å². The van der Waals surface area contributed by atoms with Crippen molar-refractivity contribution in [1.82, 2.24) is 0 Å². The molecule has 0 unspecified atom stereocenters. The first kappa shape index (κ1) is 15.7. The molecule has 19 heavy (non-hydrogen) atoms. The van der Waals surface area contributed by atoms with Gasteiger partial charge in [-0.15, -0.1) is 0 Å². The predicted molar refractivity (Wildman–Crippen MR) is 80.4 cm³/mol. The Morgan fingerprint density at radius 3 is 2.37 bits per heavy atom. The first-order chi connectivity index (χ1) is 8.71. The van der Waals surface area contributed by atoms with Gasteiger partial charge in [0.05, 0.1) is 12.7 Å². The zero-order valence-electron chi connectivity index (χ0n) is 11.2. The van der Waals surface area contributed by atoms with E-state index in [2.05, 4.69) is 32.6 Å². The predicted octanol–water partition coefficient (Wildman–Crippen LogP) is 3.42. The molecule has 0 atom stereocenters. The van der Waals surface area contributed by atoms with Gasteiger partial charge < -0.3 is 9.47 Å². The zero-order valence-corrected chi connectivity index (χ0v) is 13.4. The molecule has 0 bridgehead atoms. The van der Waals surface area contributed by atoms with Crippen LogP contribution in [0, 0.1) is 3.57 Å². The summed E-state index contributed by atoms with van der Waals surface area (Å²) in [6.45, 7) is 5.34. The summed E-state index contributed by atoms with van der Waals surface area (Å²) in [6.07, 6.45) is -0.565. The quantitative estimate of drug-likeness (QED) is 0.634. The van der Waals surface area contributed by atoms with Crippen molar-refractivity contribution in [2.24, 2.45) is 0 Å². The smallest absolute Gasteiger partial charge is 0.412 e. The summed E-state index contributed by atoms with van der Waals surface area (Å²) in [5.41, 5.74) is 0.291. The SMILES string of the molecule is COC(=O)c1cc(I)cc(NC(=O)OC(C)(C)C)c1. The van der Waals surface area contributed by atoms with E-state index in [0.717, 1.165) is 3.57 Å². The van der Waals surface area contributed by atoms with Crippen molar-refractivity contribution in [1.29, 1.82) is 0 Å². The summed E-state index contributed by atoms with van der Waals surface area (Å²) in [5, 5.41) is 2.58. The number of carbonyl (C=O) groups excluding carboxylic acids is 2. The van der Waals surface area contributed by atoms with Gasteiger partial charge in [0.25, 0.3) is 0 Å². The van der Waals surface area contributed by atoms with E-state index in [0.29, 0.717) is 11.3 Å². The van der Waals surface area contributed by atoms with Gasteiger partial charge in [-0.05, 0) is 61.6 Å². The number of halogens is 1. The Labute approximate surface area is 125 Å². The number of esters is 1. The van der Waals surface area contributed by atoms with Gasteiger partial charge in [0.1, 0.15) is 5.60 Å². The van der Waals surface area contributed by atoms with Crippen molar-refractivity contribution in [3.63, 3.8) is 0 Å². The van der Waals surface area contributed by atoms with Gasteiger partial charge in [0.2, 0.25) is 0 Å². The van der Waals surface area contributed by atoms with Crippen LogP contribution >= 0.6 is 22.6 Å². The van der Waals surface area contributed by atoms with Crippen molar-refractivity contribution in [3.8, 4) is 0 Å². The monoisotopic (exact) mass is 377 g/mol. The van der Waals surface area contributed by atoms with Gasteiger partial charge >= 0.3 is 12.1 Å². The van der Waals surface area contributed by atoms with Crippen molar-refractivity contribution >= 4 is 40.3 Å². The van der Waals surface area contributed by atoms with E-state index in [-0.39, 0.29) is 0 Å². The number of rotatable bonds is 2. The molecular weight excluding hydrogens is 361 g/mol. The molecular formula is C13H16INO4. The molecule has 0 saturated heterocycles. The minimum atomic E-state index is -0.572. The Morgan fingerprint density at radius 2 is 1.84 bits per heavy atom. The largest absolute Gasteiger partial charge is 0.465 e. The first-order valence-corrected chi connectivity index (χ1v) is 6.68. The molecule has 1 aromatic rings. The Kier molecular flexibility index (Phi) is 5.16. The Morgan fingerprint density at radius 1 is 1.21 bits per heavy atom. The summed E-state index contributed by atoms with van der Waals surface area (Å²) in [4.78, 5) is 23.1. The van der Waals surface area contributed by atoms with Crippen molar-refractivity contribution in [2.45, 2.75) is 26.4 Å². The standard InChI is InChI=1S/C13H16INO4/c1-13(2,3)19-12(17)15-10-6-8(11(16)18-4)5-9(14)7-10/h5-7H,1-4H3,(H,15,17). The van der Waals surface area contributed by atoms with E-state index in [4.69, 9.17) is 4.74 Å². The first-order valence-electron chi connectivity index (χ1n) is 5.60. The van der Waals surface area contributed by atoms with Crippen LogP contribution in [-0.4, -0.2) is 24.8 Å². The van der Waals surface area contributed by atoms with Crippen molar-refractivity contribution in [2.75, 3.05) is 12.4 Å². The molecule has 0 aliphatic carbocycles. The highest BCUT2D eigenvalue weighted by atomic mass is 127. The zero-order chi connectivity index (χ0) is 14.6. The normalized spacial score (nSPS) is 10.8. The topological polar surface area (TPSA) is 64.6 Å². The summed E-state index contributed by atoms with van der Waals surface area (Å²) < 4.78 is 10.6. The maximum absolute atomic E-state index is 11.6. The van der Waals surface area contributed by atoms with Gasteiger partial charge in [0.15, 0.2) is 0 Å². The molecule has 0 aliphatic rings. The van der Waals surface area contributed by atoms with Crippen LogP contribution in [0.4, 0.5) is 10.5 Å². The fourth-order valence-electron chi connectivity index (χ4n) is 1.32. The number of hydrogen-bond acceptors (Lipinski definition) is 4. The lowest BCUT2D eigenvalue weighted by molar-refractivity contribution is 0.0596. The van der Waals surface area contributed by atoms with Gasteiger partial charge in [-0.3, -0.25) is 5.32 Å². The average Bonchev–Trinajstić information content (AvgIpc) is 2.24. The average molecular weight is 377 g/mol. The Bertz CT molecular complexity index is 494. The summed E-state index contributed by atoms with van der Waals surface area (Å²) >= 11 is 2.06. The molecule has 1 amide bonds. The maximum Gasteiger partial charge on any atom is 0.412 e. The highest BCUT2D eigenvalue weighted by molar-refractivity contribution is 14.1. The van der Waals surface area contributed by atoms with E-state index in [1.54, 1.807) is 32.9 Å². The number of ether oxygens (including phenoxy) is 2. The number of carbonyl (C=O) groups is 2. The summed E-state index contributed by atoms with van der Waals surface area (Å²) in [7, 11) is 1.31. The molecule has 0 saturated carbocycles. The highest BCUT2D eigenvalue weighted by Gasteiger charge is 2.17. The van der Waals surface area contributed by atoms with Crippen LogP contribution in [0.3, 0.4) is 0 Å². The lowest BCUT2D eigenvalue weighted by Gasteiger charge is -2.19. The van der Waals surface area contributed by atoms with E-state index >= 15 is 0 Å². The number of methoxy groups -OCH3 is 1. The third-order valence-electron chi connectivity index (χ3n) is 1.96. The number of amides is 1. The van der Waals surface area contributed by atoms with Crippen LogP contribution in [0.15, 0.2) is 18.2 Å². The fraction of sp³-hybridized carbons (Fsp3) is 0.385. The molecule has 5 nitrogen and oxygen atoms in total. The van der Waals surface area contributed by atoms with Crippen molar-refractivity contribution < 1.29 is 19.1 Å². The minimum absolute atomic E-state index is 0.375. The molecule has 0 fully saturated rings. The third kappa shape index (κ3) is 5.46. The lowest BCUT2D eigenvalue weighted by atomic mass is 10.2. The van der Waals surface area contributed by atoms with Crippen LogP contribution in [0.2, 0.25) is 0 Å². The molecule has 0 heterocycles. The van der Waals surface area contributed by atoms with Crippen LogP contribution in [0.25, 0.3) is 0 Å². The molecule has 1 rings (SSSR count). The van der Waals surface area contributed by atoms with E-state index in [9.17, 15) is 9.59 Å². The third-order valence-corrected chi connectivity index (χ3v) is 2.59. The van der Waals surface area contributed by atoms with Crippen LogP contribution in [0.1, 0.15) is 31.1 Å². The molecule has 0 radical (unpaired) electrons. The Balaban J connectivity index is 2.87. The molecule has 0 aliphatic heterocycles. The number of hydrogen-bond donors (Lipinski definition) is 1. The highest BCUT2D eigenvalue weighted by Crippen LogP contribution is 2.18. The molecule has 1 N–H and O–H groups in total. The second-order valence-corrected chi connectivity index (χ2v) is 6.09. The molecule has 104 valence electrons. The minimum Gasteiger partial charge on any atom is -0.465 e. The van der Waals surface area contributed by atoms with Gasteiger partial charge in [-0.2, -0.15) is 0 Å². The van der Waals surface area contributed by atoms with Crippen LogP contribution in [-0.2, 0) is 9.47 Å². The van der Waals surface area contributed by atoms with Gasteiger partial charge in [0, 0.05) is 9.26 Å². The summed E-state index contributed by atoms with van der Waals surface area (Å²) in [5.74, 6) is -0.453. The molecule has 6 heteroatoms. The maximum atomic E-state index is 11.6. The summed E-state index contributed by atoms with van der Waals surface area (Å²) in [6, 6.07) is 4.95. The molecule has 1 aromatic carbocycles. The molecule has 0 aromatic heterocycles. The second kappa shape index (κ2) is 6.23. The van der Waals surface area contributed by atoms with E-state index < -0.39 is 17.7 Å². The van der Waals surface area contributed by atoms with E-state index in [1.165, 1.54) is 13.2 Å². The van der Waals surface area contributed by atoms with Crippen LogP contribution < -0.4 is 5.32 Å². The van der Waals surface area contributed by atoms with Gasteiger partial charge in [-0.1, -0.05) is 0 Å². The Hall–Kier alpha value is -1.31. The van der Waals surface area contributed by atoms with Crippen molar-refractivity contribution in [3.05, 3.63) is 27.3 Å². The number of nitrogens with one attached hydrogen (secondary N) is 1. The second-order valence-electron chi connectivity index (χ2n) is 4.85. The lowest BCUT2D eigenvalue weighted by Crippen LogP contribution is -2.27. The number of benzene rings is 1. The van der Waals surface area contributed by atoms with Crippen LogP contribution in [0.5, 0.6) is 0 Å².